The van der Waals surface area contributed by atoms with Crippen LogP contribution in [0.1, 0.15) is 29.6 Å². The zero-order valence-corrected chi connectivity index (χ0v) is 11.0. The average molecular weight is 272 g/mol. The van der Waals surface area contributed by atoms with Gasteiger partial charge in [-0.3, -0.25) is 4.79 Å². The second-order valence-corrected chi connectivity index (χ2v) is 5.34. The SMILES string of the molecule is NCC1CCCC1C(=O)c1ccc(Cl)c(Cl)c1. The summed E-state index contributed by atoms with van der Waals surface area (Å²) in [7, 11) is 0. The van der Waals surface area contributed by atoms with Crippen LogP contribution < -0.4 is 5.73 Å². The minimum Gasteiger partial charge on any atom is -0.330 e. The molecule has 92 valence electrons. The molecule has 0 radical (unpaired) electrons. The molecule has 1 aromatic rings. The number of hydrogen-bond acceptors (Lipinski definition) is 2. The molecule has 0 bridgehead atoms. The van der Waals surface area contributed by atoms with Crippen LogP contribution in [0.4, 0.5) is 0 Å². The van der Waals surface area contributed by atoms with E-state index in [1.165, 1.54) is 0 Å². The fourth-order valence-electron chi connectivity index (χ4n) is 2.53. The van der Waals surface area contributed by atoms with Crippen LogP contribution in [-0.2, 0) is 0 Å². The molecule has 1 aliphatic carbocycles. The van der Waals surface area contributed by atoms with Gasteiger partial charge in [0, 0.05) is 11.5 Å². The smallest absolute Gasteiger partial charge is 0.166 e. The molecule has 1 aromatic carbocycles. The predicted molar refractivity (Wildman–Crippen MR) is 70.7 cm³/mol. The van der Waals surface area contributed by atoms with Gasteiger partial charge in [0.2, 0.25) is 0 Å². The van der Waals surface area contributed by atoms with Crippen molar-refractivity contribution in [2.24, 2.45) is 17.6 Å². The molecule has 2 rings (SSSR count). The van der Waals surface area contributed by atoms with Gasteiger partial charge in [-0.05, 0) is 43.5 Å². The lowest BCUT2D eigenvalue weighted by Gasteiger charge is -2.16. The first-order valence-corrected chi connectivity index (χ1v) is 6.58. The molecule has 2 nitrogen and oxygen atoms in total. The Morgan fingerprint density at radius 1 is 1.29 bits per heavy atom. The van der Waals surface area contributed by atoms with Crippen molar-refractivity contribution in [2.75, 3.05) is 6.54 Å². The minimum atomic E-state index is 0.0530. The molecule has 0 spiro atoms. The molecule has 2 unspecified atom stereocenters. The highest BCUT2D eigenvalue weighted by atomic mass is 35.5. The Balaban J connectivity index is 2.21. The van der Waals surface area contributed by atoms with E-state index in [0.717, 1.165) is 19.3 Å². The summed E-state index contributed by atoms with van der Waals surface area (Å²) in [4.78, 5) is 12.3. The lowest BCUT2D eigenvalue weighted by molar-refractivity contribution is 0.0893. The number of carbonyl (C=O) groups excluding carboxylic acids is 1. The largest absolute Gasteiger partial charge is 0.330 e. The van der Waals surface area contributed by atoms with Crippen molar-refractivity contribution >= 4 is 29.0 Å². The first kappa shape index (κ1) is 12.9. The van der Waals surface area contributed by atoms with E-state index in [0.29, 0.717) is 28.1 Å². The van der Waals surface area contributed by atoms with Crippen molar-refractivity contribution < 1.29 is 4.79 Å². The number of rotatable bonds is 3. The third-order valence-corrected chi connectivity index (χ3v) is 4.24. The molecule has 17 heavy (non-hydrogen) atoms. The van der Waals surface area contributed by atoms with E-state index in [1.807, 2.05) is 0 Å². The first-order valence-electron chi connectivity index (χ1n) is 5.83. The maximum absolute atomic E-state index is 12.3. The molecule has 0 saturated heterocycles. The van der Waals surface area contributed by atoms with Gasteiger partial charge in [0.25, 0.3) is 0 Å². The molecule has 4 heteroatoms. The van der Waals surface area contributed by atoms with Crippen LogP contribution in [0.3, 0.4) is 0 Å². The number of ketones is 1. The van der Waals surface area contributed by atoms with Crippen molar-refractivity contribution in [1.82, 2.24) is 0 Å². The molecular formula is C13H15Cl2NO. The van der Waals surface area contributed by atoms with Gasteiger partial charge in [0.05, 0.1) is 10.0 Å². The number of hydrogen-bond donors (Lipinski definition) is 1. The predicted octanol–water partition coefficient (Wildman–Crippen LogP) is 3.55. The van der Waals surface area contributed by atoms with Crippen LogP contribution in [0.2, 0.25) is 10.0 Å². The summed E-state index contributed by atoms with van der Waals surface area (Å²) in [5, 5.41) is 0.907. The second-order valence-electron chi connectivity index (χ2n) is 4.53. The molecular weight excluding hydrogens is 257 g/mol. The highest BCUT2D eigenvalue weighted by molar-refractivity contribution is 6.42. The monoisotopic (exact) mass is 271 g/mol. The van der Waals surface area contributed by atoms with E-state index in [2.05, 4.69) is 0 Å². The number of carbonyl (C=O) groups is 1. The highest BCUT2D eigenvalue weighted by Crippen LogP contribution is 2.34. The Morgan fingerprint density at radius 3 is 2.71 bits per heavy atom. The van der Waals surface area contributed by atoms with Crippen LogP contribution in [0.5, 0.6) is 0 Å². The number of benzene rings is 1. The van der Waals surface area contributed by atoms with Gasteiger partial charge < -0.3 is 5.73 Å². The summed E-state index contributed by atoms with van der Waals surface area (Å²) in [6, 6.07) is 5.06. The summed E-state index contributed by atoms with van der Waals surface area (Å²) in [5.74, 6) is 0.519. The number of Topliss-reactive ketones (excluding diaryl/α,β-unsaturated/α-hetero) is 1. The fourth-order valence-corrected chi connectivity index (χ4v) is 2.83. The van der Waals surface area contributed by atoms with Gasteiger partial charge in [-0.25, -0.2) is 0 Å². The van der Waals surface area contributed by atoms with Gasteiger partial charge in [-0.2, -0.15) is 0 Å². The topological polar surface area (TPSA) is 43.1 Å². The lowest BCUT2D eigenvalue weighted by Crippen LogP contribution is -2.25. The first-order chi connectivity index (χ1) is 8.13. The average Bonchev–Trinajstić information content (AvgIpc) is 2.80. The van der Waals surface area contributed by atoms with Crippen molar-refractivity contribution in [3.8, 4) is 0 Å². The van der Waals surface area contributed by atoms with Crippen LogP contribution >= 0.6 is 23.2 Å². The Bertz CT molecular complexity index is 433. The molecule has 2 atom stereocenters. The number of nitrogens with two attached hydrogens (primary N) is 1. The maximum atomic E-state index is 12.3. The minimum absolute atomic E-state index is 0.0530. The molecule has 1 aliphatic rings. The molecule has 1 saturated carbocycles. The number of halogens is 2. The van der Waals surface area contributed by atoms with Gasteiger partial charge in [0.1, 0.15) is 0 Å². The zero-order valence-electron chi connectivity index (χ0n) is 9.46. The van der Waals surface area contributed by atoms with Gasteiger partial charge in [0.15, 0.2) is 5.78 Å². The molecule has 2 N–H and O–H groups in total. The standard InChI is InChI=1S/C13H15Cl2NO/c14-11-5-4-8(6-12(11)15)13(17)10-3-1-2-9(10)7-16/h4-6,9-10H,1-3,7,16H2. The third kappa shape index (κ3) is 2.65. The third-order valence-electron chi connectivity index (χ3n) is 3.50. The Labute approximate surface area is 111 Å². The van der Waals surface area contributed by atoms with Gasteiger partial charge in [-0.15, -0.1) is 0 Å². The van der Waals surface area contributed by atoms with E-state index < -0.39 is 0 Å². The van der Waals surface area contributed by atoms with Gasteiger partial charge in [-0.1, -0.05) is 29.6 Å². The van der Waals surface area contributed by atoms with Crippen molar-refractivity contribution in [3.63, 3.8) is 0 Å². The van der Waals surface area contributed by atoms with Crippen LogP contribution in [0, 0.1) is 11.8 Å². The molecule has 0 aliphatic heterocycles. The summed E-state index contributed by atoms with van der Waals surface area (Å²) >= 11 is 11.8. The second kappa shape index (κ2) is 5.38. The highest BCUT2D eigenvalue weighted by Gasteiger charge is 2.32. The van der Waals surface area contributed by atoms with E-state index in [1.54, 1.807) is 18.2 Å². The molecule has 0 amide bonds. The maximum Gasteiger partial charge on any atom is 0.166 e. The van der Waals surface area contributed by atoms with E-state index in [9.17, 15) is 4.79 Å². The van der Waals surface area contributed by atoms with Crippen molar-refractivity contribution in [1.29, 1.82) is 0 Å². The van der Waals surface area contributed by atoms with E-state index in [-0.39, 0.29) is 11.7 Å². The lowest BCUT2D eigenvalue weighted by atomic mass is 9.88. The Kier molecular flexibility index (Phi) is 4.08. The molecule has 0 aromatic heterocycles. The van der Waals surface area contributed by atoms with Crippen LogP contribution in [-0.4, -0.2) is 12.3 Å². The van der Waals surface area contributed by atoms with Crippen LogP contribution in [0.15, 0.2) is 18.2 Å². The summed E-state index contributed by atoms with van der Waals surface area (Å²) in [5.41, 5.74) is 6.34. The van der Waals surface area contributed by atoms with Crippen molar-refractivity contribution in [3.05, 3.63) is 33.8 Å². The Hall–Kier alpha value is -0.570. The summed E-state index contributed by atoms with van der Waals surface area (Å²) in [6.45, 7) is 0.581. The van der Waals surface area contributed by atoms with Crippen molar-refractivity contribution in [2.45, 2.75) is 19.3 Å². The summed E-state index contributed by atoms with van der Waals surface area (Å²) in [6.07, 6.45) is 3.06. The van der Waals surface area contributed by atoms with Gasteiger partial charge >= 0.3 is 0 Å². The van der Waals surface area contributed by atoms with E-state index >= 15 is 0 Å². The van der Waals surface area contributed by atoms with Crippen LogP contribution in [0.25, 0.3) is 0 Å². The normalized spacial score (nSPS) is 23.9. The Morgan fingerprint density at radius 2 is 2.06 bits per heavy atom. The fraction of sp³-hybridized carbons (Fsp3) is 0.462. The zero-order chi connectivity index (χ0) is 12.4. The summed E-state index contributed by atoms with van der Waals surface area (Å²) < 4.78 is 0. The van der Waals surface area contributed by atoms with E-state index in [4.69, 9.17) is 28.9 Å². The quantitative estimate of drug-likeness (QED) is 0.855. The molecule has 1 fully saturated rings. The molecule has 0 heterocycles.